The van der Waals surface area contributed by atoms with E-state index in [0.29, 0.717) is 24.8 Å². The topological polar surface area (TPSA) is 105 Å². The van der Waals surface area contributed by atoms with E-state index in [9.17, 15) is 19.2 Å². The zero-order valence-electron chi connectivity index (χ0n) is 19.2. The molecule has 8 heteroatoms. The van der Waals surface area contributed by atoms with Gasteiger partial charge in [0.25, 0.3) is 0 Å². The number of fused-ring (bicyclic) bond motifs is 1. The van der Waals surface area contributed by atoms with Crippen LogP contribution in [-0.2, 0) is 30.3 Å². The molecule has 0 fully saturated rings. The van der Waals surface area contributed by atoms with Crippen LogP contribution in [0.2, 0.25) is 0 Å². The molecule has 0 saturated heterocycles. The van der Waals surface area contributed by atoms with E-state index in [-0.39, 0.29) is 35.2 Å². The van der Waals surface area contributed by atoms with Gasteiger partial charge in [-0.2, -0.15) is 0 Å². The summed E-state index contributed by atoms with van der Waals surface area (Å²) in [5.74, 6) is -1.78. The third-order valence-electron chi connectivity index (χ3n) is 5.13. The van der Waals surface area contributed by atoms with Crippen LogP contribution in [0.1, 0.15) is 88.6 Å². The third kappa shape index (κ3) is 8.32. The molecule has 1 heterocycles. The molecule has 0 saturated carbocycles. The van der Waals surface area contributed by atoms with Crippen LogP contribution in [0, 0.1) is 0 Å². The standard InChI is InChI=1S/C24H32O8/c1-15-9-8-12-20(30-16(2)25)11-7-5-6-10-19-13-21(31-17(3)26)14-22(32-18(4)27)23(19)24(28)29-15/h13-15,20H,5-12H2,1-4H3/t15-,20?/m0/s1. The van der Waals surface area contributed by atoms with Crippen molar-refractivity contribution in [2.45, 2.75) is 91.3 Å². The fourth-order valence-corrected chi connectivity index (χ4v) is 3.83. The van der Waals surface area contributed by atoms with E-state index in [0.717, 1.165) is 32.1 Å². The first kappa shape index (κ1) is 25.4. The second-order valence-electron chi connectivity index (χ2n) is 8.12. The molecule has 0 radical (unpaired) electrons. The number of carbonyl (C=O) groups excluding carboxylic acids is 4. The van der Waals surface area contributed by atoms with Crippen LogP contribution in [0.5, 0.6) is 11.5 Å². The van der Waals surface area contributed by atoms with E-state index in [1.807, 2.05) is 0 Å². The van der Waals surface area contributed by atoms with Gasteiger partial charge in [0.15, 0.2) is 0 Å². The largest absolute Gasteiger partial charge is 0.463 e. The van der Waals surface area contributed by atoms with Gasteiger partial charge in [0, 0.05) is 26.8 Å². The van der Waals surface area contributed by atoms with Crippen molar-refractivity contribution in [3.63, 3.8) is 0 Å². The van der Waals surface area contributed by atoms with Gasteiger partial charge in [-0.15, -0.1) is 0 Å². The van der Waals surface area contributed by atoms with E-state index in [2.05, 4.69) is 0 Å². The number of rotatable bonds is 3. The second-order valence-corrected chi connectivity index (χ2v) is 8.12. The minimum absolute atomic E-state index is 0.0190. The summed E-state index contributed by atoms with van der Waals surface area (Å²) in [6.07, 6.45) is 5.26. The molecule has 2 atom stereocenters. The maximum atomic E-state index is 13.0. The lowest BCUT2D eigenvalue weighted by Gasteiger charge is -2.21. The van der Waals surface area contributed by atoms with Crippen LogP contribution < -0.4 is 9.47 Å². The van der Waals surface area contributed by atoms with Crippen LogP contribution in [0.3, 0.4) is 0 Å². The molecule has 0 amide bonds. The monoisotopic (exact) mass is 448 g/mol. The van der Waals surface area contributed by atoms with Crippen LogP contribution in [0.15, 0.2) is 12.1 Å². The van der Waals surface area contributed by atoms with Gasteiger partial charge < -0.3 is 18.9 Å². The molecular weight excluding hydrogens is 416 g/mol. The molecule has 176 valence electrons. The van der Waals surface area contributed by atoms with Gasteiger partial charge in [0.05, 0.1) is 6.10 Å². The fraction of sp³-hybridized carbons (Fsp3) is 0.583. The summed E-state index contributed by atoms with van der Waals surface area (Å²) in [5, 5.41) is 0. The van der Waals surface area contributed by atoms with Gasteiger partial charge in [0.1, 0.15) is 23.2 Å². The molecule has 0 bridgehead atoms. The molecule has 1 aliphatic heterocycles. The average Bonchev–Trinajstić information content (AvgIpc) is 2.65. The van der Waals surface area contributed by atoms with Crippen molar-refractivity contribution < 1.29 is 38.1 Å². The zero-order chi connectivity index (χ0) is 23.7. The maximum absolute atomic E-state index is 13.0. The van der Waals surface area contributed by atoms with Crippen molar-refractivity contribution in [3.05, 3.63) is 23.3 Å². The quantitative estimate of drug-likeness (QED) is 0.498. The summed E-state index contributed by atoms with van der Waals surface area (Å²) in [5.41, 5.74) is 0.767. The first-order valence-electron chi connectivity index (χ1n) is 11.1. The molecule has 1 aromatic carbocycles. The minimum atomic E-state index is -0.594. The molecule has 32 heavy (non-hydrogen) atoms. The van der Waals surface area contributed by atoms with Gasteiger partial charge in [-0.1, -0.05) is 6.42 Å². The summed E-state index contributed by atoms with van der Waals surface area (Å²) in [6, 6.07) is 2.98. The summed E-state index contributed by atoms with van der Waals surface area (Å²) in [7, 11) is 0. The Balaban J connectivity index is 2.35. The minimum Gasteiger partial charge on any atom is -0.463 e. The molecule has 0 N–H and O–H groups in total. The maximum Gasteiger partial charge on any atom is 0.342 e. The molecule has 0 spiro atoms. The fourth-order valence-electron chi connectivity index (χ4n) is 3.83. The van der Waals surface area contributed by atoms with Crippen molar-refractivity contribution in [1.82, 2.24) is 0 Å². The molecule has 1 unspecified atom stereocenters. The number of ether oxygens (including phenoxy) is 4. The Labute approximate surface area is 188 Å². The van der Waals surface area contributed by atoms with Crippen molar-refractivity contribution in [2.24, 2.45) is 0 Å². The summed E-state index contributed by atoms with van der Waals surface area (Å²) in [4.78, 5) is 47.5. The highest BCUT2D eigenvalue weighted by Gasteiger charge is 2.25. The first-order valence-corrected chi connectivity index (χ1v) is 11.1. The Morgan fingerprint density at radius 1 is 0.875 bits per heavy atom. The lowest BCUT2D eigenvalue weighted by Crippen LogP contribution is -2.21. The number of cyclic esters (lactones) is 1. The molecule has 2 rings (SSSR count). The van der Waals surface area contributed by atoms with Crippen molar-refractivity contribution in [1.29, 1.82) is 0 Å². The second kappa shape index (κ2) is 12.2. The Bertz CT molecular complexity index is 845. The van der Waals surface area contributed by atoms with Crippen LogP contribution in [-0.4, -0.2) is 36.1 Å². The van der Waals surface area contributed by atoms with E-state index in [1.165, 1.54) is 26.8 Å². The molecule has 1 aliphatic rings. The highest BCUT2D eigenvalue weighted by Crippen LogP contribution is 2.32. The number of aryl methyl sites for hydroxylation is 1. The molecule has 8 nitrogen and oxygen atoms in total. The number of benzene rings is 1. The predicted molar refractivity (Wildman–Crippen MR) is 116 cm³/mol. The molecule has 0 aromatic heterocycles. The smallest absolute Gasteiger partial charge is 0.342 e. The Hall–Kier alpha value is -2.90. The number of carbonyl (C=O) groups is 4. The normalized spacial score (nSPS) is 20.2. The third-order valence-corrected chi connectivity index (χ3v) is 5.13. The number of hydrogen-bond acceptors (Lipinski definition) is 8. The molecule has 1 aromatic rings. The average molecular weight is 449 g/mol. The van der Waals surface area contributed by atoms with E-state index in [1.54, 1.807) is 13.0 Å². The summed E-state index contributed by atoms with van der Waals surface area (Å²) < 4.78 is 21.5. The van der Waals surface area contributed by atoms with Crippen molar-refractivity contribution in [2.75, 3.05) is 0 Å². The Morgan fingerprint density at radius 2 is 1.56 bits per heavy atom. The first-order chi connectivity index (χ1) is 15.2. The molecule has 0 aliphatic carbocycles. The van der Waals surface area contributed by atoms with E-state index >= 15 is 0 Å². The van der Waals surface area contributed by atoms with Gasteiger partial charge in [-0.3, -0.25) is 14.4 Å². The van der Waals surface area contributed by atoms with E-state index < -0.39 is 17.9 Å². The van der Waals surface area contributed by atoms with Crippen molar-refractivity contribution in [3.8, 4) is 11.5 Å². The van der Waals surface area contributed by atoms with Crippen LogP contribution >= 0.6 is 0 Å². The molecular formula is C24H32O8. The van der Waals surface area contributed by atoms with Crippen LogP contribution in [0.4, 0.5) is 0 Å². The SMILES string of the molecule is CC(=O)Oc1cc2c(c(OC(C)=O)c1)C(=O)O[C@@H](C)CCCC(OC(C)=O)CCCCC2. The number of hydrogen-bond donors (Lipinski definition) is 0. The number of esters is 4. The van der Waals surface area contributed by atoms with E-state index in [4.69, 9.17) is 18.9 Å². The highest BCUT2D eigenvalue weighted by atomic mass is 16.6. The van der Waals surface area contributed by atoms with Gasteiger partial charge in [-0.25, -0.2) is 4.79 Å². The zero-order valence-corrected chi connectivity index (χ0v) is 19.2. The lowest BCUT2D eigenvalue weighted by molar-refractivity contribution is -0.147. The van der Waals surface area contributed by atoms with Gasteiger partial charge in [-0.05, 0) is 63.5 Å². The highest BCUT2D eigenvalue weighted by molar-refractivity contribution is 5.95. The summed E-state index contributed by atoms with van der Waals surface area (Å²) in [6.45, 7) is 5.71. The van der Waals surface area contributed by atoms with Gasteiger partial charge in [0.2, 0.25) is 0 Å². The Kier molecular flexibility index (Phi) is 9.68. The van der Waals surface area contributed by atoms with Crippen LogP contribution in [0.25, 0.3) is 0 Å². The Morgan fingerprint density at radius 3 is 2.22 bits per heavy atom. The summed E-state index contributed by atoms with van der Waals surface area (Å²) >= 11 is 0. The van der Waals surface area contributed by atoms with Gasteiger partial charge >= 0.3 is 23.9 Å². The van der Waals surface area contributed by atoms with Crippen molar-refractivity contribution >= 4 is 23.9 Å². The predicted octanol–water partition coefficient (Wildman–Crippen LogP) is 4.30. The lowest BCUT2D eigenvalue weighted by atomic mass is 9.97.